The molecule has 0 amide bonds. The molecule has 110 valence electrons. The molecule has 3 aliphatic rings. The Hall–Kier alpha value is -1.10. The van der Waals surface area contributed by atoms with Gasteiger partial charge in [0, 0.05) is 25.0 Å². The number of piperidine rings is 1. The fourth-order valence-corrected chi connectivity index (χ4v) is 4.52. The zero-order valence-corrected chi connectivity index (χ0v) is 12.3. The highest BCUT2D eigenvalue weighted by molar-refractivity contribution is 5.30. The maximum atomic E-state index is 4.82. The van der Waals surface area contributed by atoms with Gasteiger partial charge in [0.2, 0.25) is 5.95 Å². The van der Waals surface area contributed by atoms with Crippen LogP contribution in [0.1, 0.15) is 50.3 Å². The number of nitrogens with one attached hydrogen (secondary N) is 2. The Morgan fingerprint density at radius 2 is 2.00 bits per heavy atom. The molecule has 2 heterocycles. The molecule has 3 atom stereocenters. The van der Waals surface area contributed by atoms with E-state index in [1.807, 2.05) is 0 Å². The van der Waals surface area contributed by atoms with Crippen LogP contribution in [0.4, 0.5) is 5.95 Å². The maximum Gasteiger partial charge on any atom is 0.244 e. The van der Waals surface area contributed by atoms with E-state index in [0.717, 1.165) is 36.7 Å². The molecule has 1 aliphatic heterocycles. The molecular formula is C15H25N5. The van der Waals surface area contributed by atoms with Gasteiger partial charge in [-0.1, -0.05) is 6.42 Å². The topological polar surface area (TPSA) is 56.8 Å². The van der Waals surface area contributed by atoms with E-state index in [0.29, 0.717) is 12.0 Å². The molecule has 20 heavy (non-hydrogen) atoms. The van der Waals surface area contributed by atoms with Gasteiger partial charge in [-0.25, -0.2) is 0 Å². The van der Waals surface area contributed by atoms with Gasteiger partial charge in [-0.3, -0.25) is 5.10 Å². The van der Waals surface area contributed by atoms with Crippen molar-refractivity contribution in [1.82, 2.24) is 20.5 Å². The van der Waals surface area contributed by atoms with E-state index in [2.05, 4.69) is 27.5 Å². The Balaban J connectivity index is 1.43. The van der Waals surface area contributed by atoms with Crippen molar-refractivity contribution in [3.8, 4) is 0 Å². The summed E-state index contributed by atoms with van der Waals surface area (Å²) >= 11 is 0. The fourth-order valence-electron chi connectivity index (χ4n) is 4.52. The lowest BCUT2D eigenvalue weighted by Gasteiger charge is -2.30. The Morgan fingerprint density at radius 1 is 1.15 bits per heavy atom. The van der Waals surface area contributed by atoms with Crippen molar-refractivity contribution < 1.29 is 0 Å². The molecule has 3 unspecified atom stereocenters. The number of anilines is 1. The van der Waals surface area contributed by atoms with Gasteiger partial charge in [-0.15, -0.1) is 5.10 Å². The molecule has 0 radical (unpaired) electrons. The van der Waals surface area contributed by atoms with E-state index in [1.165, 1.54) is 38.5 Å². The summed E-state index contributed by atoms with van der Waals surface area (Å²) in [5, 5.41) is 11.1. The lowest BCUT2D eigenvalue weighted by Crippen LogP contribution is -2.41. The molecule has 2 saturated carbocycles. The van der Waals surface area contributed by atoms with E-state index in [4.69, 9.17) is 4.98 Å². The molecule has 2 bridgehead atoms. The number of rotatable bonds is 3. The SMILES string of the molecule is CNC1CCN(c2n[nH]c(C3CC4CCC3C4)n2)CC1. The van der Waals surface area contributed by atoms with Crippen LogP contribution in [0, 0.1) is 11.8 Å². The summed E-state index contributed by atoms with van der Waals surface area (Å²) < 4.78 is 0. The number of nitrogens with zero attached hydrogens (tertiary/aromatic N) is 3. The average Bonchev–Trinajstić information content (AvgIpc) is 3.23. The Morgan fingerprint density at radius 3 is 2.65 bits per heavy atom. The summed E-state index contributed by atoms with van der Waals surface area (Å²) in [6.45, 7) is 2.14. The molecule has 5 heteroatoms. The molecule has 1 aromatic heterocycles. The number of hydrogen-bond acceptors (Lipinski definition) is 4. The number of hydrogen-bond donors (Lipinski definition) is 2. The minimum Gasteiger partial charge on any atom is -0.339 e. The van der Waals surface area contributed by atoms with Crippen molar-refractivity contribution in [3.63, 3.8) is 0 Å². The van der Waals surface area contributed by atoms with Gasteiger partial charge in [-0.05, 0) is 51.0 Å². The van der Waals surface area contributed by atoms with Gasteiger partial charge in [0.1, 0.15) is 5.82 Å². The first-order valence-corrected chi connectivity index (χ1v) is 8.18. The van der Waals surface area contributed by atoms with Crippen LogP contribution in [0.3, 0.4) is 0 Å². The van der Waals surface area contributed by atoms with Gasteiger partial charge in [0.05, 0.1) is 0 Å². The Bertz CT molecular complexity index is 463. The first-order valence-electron chi connectivity index (χ1n) is 8.18. The summed E-state index contributed by atoms with van der Waals surface area (Å²) in [6, 6.07) is 0.662. The van der Waals surface area contributed by atoms with Gasteiger partial charge in [-0.2, -0.15) is 4.98 Å². The van der Waals surface area contributed by atoms with Gasteiger partial charge >= 0.3 is 0 Å². The molecule has 2 aliphatic carbocycles. The quantitative estimate of drug-likeness (QED) is 0.884. The molecule has 5 nitrogen and oxygen atoms in total. The third-order valence-electron chi connectivity index (χ3n) is 5.77. The second-order valence-corrected chi connectivity index (χ2v) is 6.85. The van der Waals surface area contributed by atoms with Crippen LogP contribution < -0.4 is 10.2 Å². The van der Waals surface area contributed by atoms with Crippen LogP contribution in [0.5, 0.6) is 0 Å². The maximum absolute atomic E-state index is 4.82. The predicted octanol–water partition coefficient (Wildman–Crippen LogP) is 1.90. The van der Waals surface area contributed by atoms with Crippen molar-refractivity contribution in [1.29, 1.82) is 0 Å². The highest BCUT2D eigenvalue weighted by Crippen LogP contribution is 2.52. The third-order valence-corrected chi connectivity index (χ3v) is 5.77. The van der Waals surface area contributed by atoms with Gasteiger partial charge in [0.25, 0.3) is 0 Å². The van der Waals surface area contributed by atoms with Crippen LogP contribution in [-0.4, -0.2) is 41.4 Å². The average molecular weight is 275 g/mol. The van der Waals surface area contributed by atoms with Gasteiger partial charge < -0.3 is 10.2 Å². The highest BCUT2D eigenvalue weighted by atomic mass is 15.4. The van der Waals surface area contributed by atoms with Crippen molar-refractivity contribution in [3.05, 3.63) is 5.82 Å². The lowest BCUT2D eigenvalue weighted by atomic mass is 9.88. The minimum absolute atomic E-state index is 0.657. The molecule has 1 saturated heterocycles. The predicted molar refractivity (Wildman–Crippen MR) is 78.9 cm³/mol. The van der Waals surface area contributed by atoms with E-state index in [9.17, 15) is 0 Å². The molecule has 2 N–H and O–H groups in total. The number of aromatic amines is 1. The molecule has 3 fully saturated rings. The Kier molecular flexibility index (Phi) is 3.17. The summed E-state index contributed by atoms with van der Waals surface area (Å²) in [7, 11) is 2.06. The largest absolute Gasteiger partial charge is 0.339 e. The van der Waals surface area contributed by atoms with Crippen LogP contribution in [0.25, 0.3) is 0 Å². The standard InChI is InChI=1S/C15H25N5/c1-16-12-4-6-20(7-5-12)15-17-14(18-19-15)13-9-10-2-3-11(13)8-10/h10-13,16H,2-9H2,1H3,(H,17,18,19). The molecule has 4 rings (SSSR count). The fraction of sp³-hybridized carbons (Fsp3) is 0.867. The number of fused-ring (bicyclic) bond motifs is 2. The third kappa shape index (κ3) is 2.12. The first kappa shape index (κ1) is 12.6. The first-order chi connectivity index (χ1) is 9.83. The van der Waals surface area contributed by atoms with E-state index < -0.39 is 0 Å². The lowest BCUT2D eigenvalue weighted by molar-refractivity contribution is 0.406. The number of aromatic nitrogens is 3. The molecule has 0 aromatic carbocycles. The second kappa shape index (κ2) is 5.02. The van der Waals surface area contributed by atoms with Crippen molar-refractivity contribution >= 4 is 5.95 Å². The molecule has 1 aromatic rings. The normalized spacial score (nSPS) is 34.0. The molecule has 0 spiro atoms. The van der Waals surface area contributed by atoms with Crippen molar-refractivity contribution in [2.45, 2.75) is 50.5 Å². The van der Waals surface area contributed by atoms with E-state index in [-0.39, 0.29) is 0 Å². The van der Waals surface area contributed by atoms with Crippen molar-refractivity contribution in [2.24, 2.45) is 11.8 Å². The van der Waals surface area contributed by atoms with E-state index in [1.54, 1.807) is 0 Å². The Labute approximate surface area is 120 Å². The monoisotopic (exact) mass is 275 g/mol. The summed E-state index contributed by atoms with van der Waals surface area (Å²) in [4.78, 5) is 7.16. The zero-order valence-electron chi connectivity index (χ0n) is 12.3. The summed E-state index contributed by atoms with van der Waals surface area (Å²) in [6.07, 6.45) is 7.98. The smallest absolute Gasteiger partial charge is 0.244 e. The minimum atomic E-state index is 0.657. The van der Waals surface area contributed by atoms with Crippen LogP contribution in [0.2, 0.25) is 0 Å². The van der Waals surface area contributed by atoms with Crippen LogP contribution >= 0.6 is 0 Å². The highest BCUT2D eigenvalue weighted by Gasteiger charge is 2.41. The number of H-pyrrole nitrogens is 1. The zero-order chi connectivity index (χ0) is 13.5. The van der Waals surface area contributed by atoms with E-state index >= 15 is 0 Å². The van der Waals surface area contributed by atoms with Crippen LogP contribution in [0.15, 0.2) is 0 Å². The summed E-state index contributed by atoms with van der Waals surface area (Å²) in [5.74, 6) is 4.57. The molecular weight excluding hydrogens is 250 g/mol. The van der Waals surface area contributed by atoms with Crippen LogP contribution in [-0.2, 0) is 0 Å². The van der Waals surface area contributed by atoms with Crippen molar-refractivity contribution in [2.75, 3.05) is 25.0 Å². The second-order valence-electron chi connectivity index (χ2n) is 6.85. The summed E-state index contributed by atoms with van der Waals surface area (Å²) in [5.41, 5.74) is 0. The van der Waals surface area contributed by atoms with Gasteiger partial charge in [0.15, 0.2) is 0 Å².